The maximum atomic E-state index is 11.6. The van der Waals surface area contributed by atoms with Gasteiger partial charge in [-0.1, -0.05) is 42.5 Å². The van der Waals surface area contributed by atoms with Crippen molar-refractivity contribution < 1.29 is 4.79 Å². The van der Waals surface area contributed by atoms with Gasteiger partial charge in [0.2, 0.25) is 5.91 Å². The van der Waals surface area contributed by atoms with Crippen LogP contribution in [0.1, 0.15) is 15.9 Å². The minimum Gasteiger partial charge on any atom is -0.366 e. The molecular formula is C17H15N3O. The number of carbonyl (C=O) groups excluding carboxylic acids is 1. The highest BCUT2D eigenvalue weighted by atomic mass is 16.1. The lowest BCUT2D eigenvalue weighted by atomic mass is 9.98. The van der Waals surface area contributed by atoms with Gasteiger partial charge in [-0.05, 0) is 24.6 Å². The summed E-state index contributed by atoms with van der Waals surface area (Å²) < 4.78 is 0. The van der Waals surface area contributed by atoms with Crippen molar-refractivity contribution in [1.29, 1.82) is 0 Å². The van der Waals surface area contributed by atoms with Crippen LogP contribution >= 0.6 is 0 Å². The molecule has 0 atom stereocenters. The first kappa shape index (κ1) is 13.1. The van der Waals surface area contributed by atoms with Gasteiger partial charge in [0, 0.05) is 16.7 Å². The van der Waals surface area contributed by atoms with Crippen molar-refractivity contribution in [3.8, 4) is 22.5 Å². The Morgan fingerprint density at radius 2 is 1.86 bits per heavy atom. The summed E-state index contributed by atoms with van der Waals surface area (Å²) in [6, 6.07) is 17.3. The first-order chi connectivity index (χ1) is 10.2. The minimum atomic E-state index is -0.440. The van der Waals surface area contributed by atoms with E-state index in [1.165, 1.54) is 0 Å². The van der Waals surface area contributed by atoms with E-state index in [-0.39, 0.29) is 0 Å². The molecule has 4 nitrogen and oxygen atoms in total. The first-order valence-electron chi connectivity index (χ1n) is 6.67. The van der Waals surface area contributed by atoms with E-state index in [1.54, 1.807) is 6.07 Å². The number of H-pyrrole nitrogens is 1. The molecule has 0 aliphatic rings. The third kappa shape index (κ3) is 2.43. The van der Waals surface area contributed by atoms with Crippen LogP contribution in [0.15, 0.2) is 54.6 Å². The van der Waals surface area contributed by atoms with E-state index in [1.807, 2.05) is 55.5 Å². The lowest BCUT2D eigenvalue weighted by Gasteiger charge is -2.07. The van der Waals surface area contributed by atoms with Crippen LogP contribution < -0.4 is 5.73 Å². The summed E-state index contributed by atoms with van der Waals surface area (Å²) in [5.41, 5.74) is 10.4. The van der Waals surface area contributed by atoms with Gasteiger partial charge < -0.3 is 5.73 Å². The van der Waals surface area contributed by atoms with Crippen LogP contribution in [0.4, 0.5) is 0 Å². The molecule has 3 rings (SSSR count). The van der Waals surface area contributed by atoms with E-state index in [9.17, 15) is 4.79 Å². The predicted octanol–water partition coefficient (Wildman–Crippen LogP) is 3.15. The van der Waals surface area contributed by atoms with Crippen molar-refractivity contribution in [3.63, 3.8) is 0 Å². The first-order valence-corrected chi connectivity index (χ1v) is 6.67. The van der Waals surface area contributed by atoms with E-state index in [2.05, 4.69) is 10.2 Å². The molecule has 2 aromatic carbocycles. The molecule has 0 bridgehead atoms. The van der Waals surface area contributed by atoms with Gasteiger partial charge in [-0.25, -0.2) is 0 Å². The summed E-state index contributed by atoms with van der Waals surface area (Å²) in [4.78, 5) is 11.6. The van der Waals surface area contributed by atoms with E-state index >= 15 is 0 Å². The molecule has 0 aliphatic carbocycles. The number of hydrogen-bond donors (Lipinski definition) is 2. The second kappa shape index (κ2) is 5.25. The number of amides is 1. The number of nitrogens with one attached hydrogen (secondary N) is 1. The second-order valence-electron chi connectivity index (χ2n) is 4.89. The Labute approximate surface area is 122 Å². The SMILES string of the molecule is Cc1cccc(C(N)=O)c1-c1cc(-c2ccccc2)n[nH]1. The molecular weight excluding hydrogens is 262 g/mol. The van der Waals surface area contributed by atoms with Crippen LogP contribution in [0.3, 0.4) is 0 Å². The smallest absolute Gasteiger partial charge is 0.249 e. The van der Waals surface area contributed by atoms with Crippen molar-refractivity contribution in [1.82, 2.24) is 10.2 Å². The highest BCUT2D eigenvalue weighted by molar-refractivity contribution is 6.00. The monoisotopic (exact) mass is 277 g/mol. The Bertz CT molecular complexity index is 791. The Morgan fingerprint density at radius 1 is 1.10 bits per heavy atom. The number of nitrogens with zero attached hydrogens (tertiary/aromatic N) is 1. The average Bonchev–Trinajstić information content (AvgIpc) is 2.97. The number of carbonyl (C=O) groups is 1. The van der Waals surface area contributed by atoms with Crippen molar-refractivity contribution in [2.24, 2.45) is 5.73 Å². The van der Waals surface area contributed by atoms with Gasteiger partial charge in [-0.15, -0.1) is 0 Å². The van der Waals surface area contributed by atoms with E-state index < -0.39 is 5.91 Å². The largest absolute Gasteiger partial charge is 0.366 e. The minimum absolute atomic E-state index is 0.440. The number of hydrogen-bond acceptors (Lipinski definition) is 2. The Morgan fingerprint density at radius 3 is 2.57 bits per heavy atom. The van der Waals surface area contributed by atoms with Crippen LogP contribution in [0.2, 0.25) is 0 Å². The number of benzene rings is 2. The van der Waals surface area contributed by atoms with Gasteiger partial charge >= 0.3 is 0 Å². The van der Waals surface area contributed by atoms with Gasteiger partial charge in [-0.3, -0.25) is 9.89 Å². The van der Waals surface area contributed by atoms with Crippen LogP contribution in [0, 0.1) is 6.92 Å². The molecule has 0 radical (unpaired) electrons. The zero-order valence-electron chi connectivity index (χ0n) is 11.6. The molecule has 4 heteroatoms. The molecule has 0 aliphatic heterocycles. The Hall–Kier alpha value is -2.88. The number of aromatic nitrogens is 2. The van der Waals surface area contributed by atoms with Gasteiger partial charge in [0.05, 0.1) is 11.4 Å². The summed E-state index contributed by atoms with van der Waals surface area (Å²) in [6.45, 7) is 1.95. The second-order valence-corrected chi connectivity index (χ2v) is 4.89. The lowest BCUT2D eigenvalue weighted by molar-refractivity contribution is 0.100. The molecule has 0 unspecified atom stereocenters. The lowest BCUT2D eigenvalue weighted by Crippen LogP contribution is -2.13. The third-order valence-corrected chi connectivity index (χ3v) is 3.46. The molecule has 0 fully saturated rings. The quantitative estimate of drug-likeness (QED) is 0.772. The molecule has 3 aromatic rings. The van der Waals surface area contributed by atoms with Crippen LogP contribution in [0.25, 0.3) is 22.5 Å². The van der Waals surface area contributed by atoms with Crippen molar-refractivity contribution in [2.75, 3.05) is 0 Å². The fraction of sp³-hybridized carbons (Fsp3) is 0.0588. The maximum Gasteiger partial charge on any atom is 0.249 e. The summed E-state index contributed by atoms with van der Waals surface area (Å²) >= 11 is 0. The third-order valence-electron chi connectivity index (χ3n) is 3.46. The van der Waals surface area contributed by atoms with Crippen LogP contribution in [-0.4, -0.2) is 16.1 Å². The summed E-state index contributed by atoms with van der Waals surface area (Å²) in [5, 5.41) is 7.33. The summed E-state index contributed by atoms with van der Waals surface area (Å²) in [7, 11) is 0. The highest BCUT2D eigenvalue weighted by Gasteiger charge is 2.15. The molecule has 1 heterocycles. The average molecular weight is 277 g/mol. The molecule has 0 saturated heterocycles. The fourth-order valence-corrected chi connectivity index (χ4v) is 2.44. The summed E-state index contributed by atoms with van der Waals surface area (Å²) in [5.74, 6) is -0.440. The van der Waals surface area contributed by atoms with E-state index in [0.717, 1.165) is 28.1 Å². The topological polar surface area (TPSA) is 71.8 Å². The molecule has 0 spiro atoms. The molecule has 3 N–H and O–H groups in total. The van der Waals surface area contributed by atoms with Crippen LogP contribution in [-0.2, 0) is 0 Å². The fourth-order valence-electron chi connectivity index (χ4n) is 2.44. The van der Waals surface area contributed by atoms with Gasteiger partial charge in [0.15, 0.2) is 0 Å². The number of primary amides is 1. The molecule has 1 aromatic heterocycles. The maximum absolute atomic E-state index is 11.6. The van der Waals surface area contributed by atoms with Gasteiger partial charge in [0.1, 0.15) is 0 Å². The zero-order chi connectivity index (χ0) is 14.8. The van der Waals surface area contributed by atoms with Gasteiger partial charge in [0.25, 0.3) is 0 Å². The van der Waals surface area contributed by atoms with E-state index in [0.29, 0.717) is 5.56 Å². The zero-order valence-corrected chi connectivity index (χ0v) is 11.6. The number of nitrogens with two attached hydrogens (primary N) is 1. The number of aromatic amines is 1. The molecule has 0 saturated carbocycles. The van der Waals surface area contributed by atoms with Crippen molar-refractivity contribution in [2.45, 2.75) is 6.92 Å². The standard InChI is InChI=1S/C17H15N3O/c1-11-6-5-9-13(17(18)21)16(11)15-10-14(19-20-15)12-7-3-2-4-8-12/h2-10H,1H3,(H2,18,21)(H,19,20). The van der Waals surface area contributed by atoms with Gasteiger partial charge in [-0.2, -0.15) is 5.10 Å². The highest BCUT2D eigenvalue weighted by Crippen LogP contribution is 2.28. The predicted molar refractivity (Wildman–Crippen MR) is 82.7 cm³/mol. The Balaban J connectivity index is 2.11. The molecule has 104 valence electrons. The van der Waals surface area contributed by atoms with Crippen LogP contribution in [0.5, 0.6) is 0 Å². The normalized spacial score (nSPS) is 10.5. The van der Waals surface area contributed by atoms with E-state index in [4.69, 9.17) is 5.73 Å². The summed E-state index contributed by atoms with van der Waals surface area (Å²) in [6.07, 6.45) is 0. The molecule has 21 heavy (non-hydrogen) atoms. The van der Waals surface area contributed by atoms with Crippen molar-refractivity contribution >= 4 is 5.91 Å². The number of aryl methyl sites for hydroxylation is 1. The Kier molecular flexibility index (Phi) is 3.28. The van der Waals surface area contributed by atoms with Crippen molar-refractivity contribution in [3.05, 3.63) is 65.7 Å². The number of rotatable bonds is 3. The molecule has 1 amide bonds.